The number of carbonyl (C=O) groups is 1. The first-order valence-electron chi connectivity index (χ1n) is 4.37. The first kappa shape index (κ1) is 10.6. The average Bonchev–Trinajstić information content (AvgIpc) is 2.26. The van der Waals surface area contributed by atoms with Gasteiger partial charge in [0.1, 0.15) is 5.54 Å². The van der Waals surface area contributed by atoms with Gasteiger partial charge in [0.2, 0.25) is 5.23 Å². The number of ketones is 1. The fraction of sp³-hybridized carbons (Fsp3) is 0.778. The molecule has 1 rings (SSSR count). The second kappa shape index (κ2) is 3.70. The highest BCUT2D eigenvalue weighted by molar-refractivity contribution is 8.13. The van der Waals surface area contributed by atoms with Gasteiger partial charge < -0.3 is 4.74 Å². The predicted molar refractivity (Wildman–Crippen MR) is 55.2 cm³/mol. The third kappa shape index (κ3) is 2.24. The normalized spacial score (nSPS) is 25.2. The Balaban J connectivity index is 2.74. The SMILES string of the molecule is CCSC1=NC(C)(C)C(C(C)=O)O1. The zero-order valence-electron chi connectivity index (χ0n) is 8.46. The van der Waals surface area contributed by atoms with Crippen LogP contribution in [0.3, 0.4) is 0 Å². The van der Waals surface area contributed by atoms with Gasteiger partial charge >= 0.3 is 0 Å². The standard InChI is InChI=1S/C9H15NO2S/c1-5-13-8-10-9(3,4)7(12-8)6(2)11/h7H,5H2,1-4H3. The van der Waals surface area contributed by atoms with Crippen molar-refractivity contribution in [2.45, 2.75) is 39.3 Å². The second-order valence-electron chi connectivity index (χ2n) is 3.57. The van der Waals surface area contributed by atoms with E-state index in [4.69, 9.17) is 4.74 Å². The van der Waals surface area contributed by atoms with E-state index in [9.17, 15) is 4.79 Å². The maximum absolute atomic E-state index is 11.2. The zero-order chi connectivity index (χ0) is 10.1. The molecule has 0 aromatic heterocycles. The molecule has 0 fully saturated rings. The van der Waals surface area contributed by atoms with Crippen LogP contribution in [0.2, 0.25) is 0 Å². The van der Waals surface area contributed by atoms with E-state index in [1.165, 1.54) is 11.8 Å². The second-order valence-corrected chi connectivity index (χ2v) is 4.79. The van der Waals surface area contributed by atoms with Crippen LogP contribution in [0.25, 0.3) is 0 Å². The maximum atomic E-state index is 11.2. The van der Waals surface area contributed by atoms with Gasteiger partial charge in [-0.25, -0.2) is 4.99 Å². The molecule has 0 spiro atoms. The summed E-state index contributed by atoms with van der Waals surface area (Å²) in [6, 6.07) is 0. The predicted octanol–water partition coefficient (Wildman–Crippen LogP) is 1.86. The van der Waals surface area contributed by atoms with Crippen LogP contribution < -0.4 is 0 Å². The van der Waals surface area contributed by atoms with Crippen molar-refractivity contribution in [2.24, 2.45) is 4.99 Å². The monoisotopic (exact) mass is 201 g/mol. The van der Waals surface area contributed by atoms with Crippen molar-refractivity contribution in [2.75, 3.05) is 5.75 Å². The van der Waals surface area contributed by atoms with Crippen molar-refractivity contribution in [1.29, 1.82) is 0 Å². The number of hydrogen-bond donors (Lipinski definition) is 0. The molecule has 4 heteroatoms. The molecule has 0 bridgehead atoms. The Morgan fingerprint density at radius 2 is 2.31 bits per heavy atom. The van der Waals surface area contributed by atoms with Gasteiger partial charge in [0, 0.05) is 0 Å². The van der Waals surface area contributed by atoms with Gasteiger partial charge in [0.05, 0.1) is 0 Å². The summed E-state index contributed by atoms with van der Waals surface area (Å²) in [4.78, 5) is 15.6. The van der Waals surface area contributed by atoms with E-state index in [1.807, 2.05) is 20.8 Å². The van der Waals surface area contributed by atoms with E-state index < -0.39 is 11.6 Å². The zero-order valence-corrected chi connectivity index (χ0v) is 9.27. The van der Waals surface area contributed by atoms with Gasteiger partial charge in [-0.3, -0.25) is 4.79 Å². The Morgan fingerprint density at radius 1 is 1.69 bits per heavy atom. The van der Waals surface area contributed by atoms with Crippen LogP contribution in [0.4, 0.5) is 0 Å². The third-order valence-electron chi connectivity index (χ3n) is 1.88. The van der Waals surface area contributed by atoms with E-state index in [2.05, 4.69) is 4.99 Å². The Hall–Kier alpha value is -0.510. The van der Waals surface area contributed by atoms with Gasteiger partial charge in [-0.2, -0.15) is 0 Å². The van der Waals surface area contributed by atoms with Crippen molar-refractivity contribution in [1.82, 2.24) is 0 Å². The highest BCUT2D eigenvalue weighted by atomic mass is 32.2. The van der Waals surface area contributed by atoms with Gasteiger partial charge in [-0.1, -0.05) is 18.7 Å². The highest BCUT2D eigenvalue weighted by Crippen LogP contribution is 2.29. The van der Waals surface area contributed by atoms with Crippen molar-refractivity contribution in [3.05, 3.63) is 0 Å². The van der Waals surface area contributed by atoms with Crippen LogP contribution in [0.5, 0.6) is 0 Å². The van der Waals surface area contributed by atoms with Crippen LogP contribution in [0.15, 0.2) is 4.99 Å². The summed E-state index contributed by atoms with van der Waals surface area (Å²) >= 11 is 1.54. The van der Waals surface area contributed by atoms with E-state index >= 15 is 0 Å². The van der Waals surface area contributed by atoms with Crippen LogP contribution >= 0.6 is 11.8 Å². The summed E-state index contributed by atoms with van der Waals surface area (Å²) in [7, 11) is 0. The lowest BCUT2D eigenvalue weighted by Crippen LogP contribution is -2.37. The summed E-state index contributed by atoms with van der Waals surface area (Å²) in [6.07, 6.45) is -0.401. The molecule has 3 nitrogen and oxygen atoms in total. The number of hydrogen-bond acceptors (Lipinski definition) is 4. The summed E-state index contributed by atoms with van der Waals surface area (Å²) in [5.41, 5.74) is -0.399. The Bertz CT molecular complexity index is 248. The Labute approximate surface area is 82.9 Å². The van der Waals surface area contributed by atoms with Gasteiger partial charge in [0.15, 0.2) is 11.9 Å². The third-order valence-corrected chi connectivity index (χ3v) is 2.60. The van der Waals surface area contributed by atoms with E-state index in [0.717, 1.165) is 5.75 Å². The molecular formula is C9H15NO2S. The molecule has 74 valence electrons. The molecule has 0 aromatic carbocycles. The van der Waals surface area contributed by atoms with Crippen molar-refractivity contribution < 1.29 is 9.53 Å². The molecule has 0 saturated carbocycles. The van der Waals surface area contributed by atoms with Gasteiger partial charge in [-0.05, 0) is 26.5 Å². The summed E-state index contributed by atoms with van der Waals surface area (Å²) in [5.74, 6) is 0.958. The minimum absolute atomic E-state index is 0.0421. The minimum atomic E-state index is -0.401. The number of carbonyl (C=O) groups excluding carboxylic acids is 1. The first-order valence-corrected chi connectivity index (χ1v) is 5.35. The molecule has 0 N–H and O–H groups in total. The number of aliphatic imine (C=N–C) groups is 1. The smallest absolute Gasteiger partial charge is 0.247 e. The summed E-state index contributed by atoms with van der Waals surface area (Å²) in [5, 5.41) is 0.646. The van der Waals surface area contributed by atoms with Crippen LogP contribution in [0, 0.1) is 0 Å². The van der Waals surface area contributed by atoms with Crippen molar-refractivity contribution >= 4 is 22.8 Å². The fourth-order valence-corrected chi connectivity index (χ4v) is 2.05. The molecule has 0 aromatic rings. The number of Topliss-reactive ketones (excluding diaryl/α,β-unsaturated/α-hetero) is 1. The molecule has 0 radical (unpaired) electrons. The van der Waals surface area contributed by atoms with E-state index in [0.29, 0.717) is 5.23 Å². The molecule has 1 unspecified atom stereocenters. The van der Waals surface area contributed by atoms with Crippen LogP contribution in [0.1, 0.15) is 27.7 Å². The summed E-state index contributed by atoms with van der Waals surface area (Å²) < 4.78 is 5.44. The largest absolute Gasteiger partial charge is 0.459 e. The molecule has 1 heterocycles. The molecule has 13 heavy (non-hydrogen) atoms. The summed E-state index contributed by atoms with van der Waals surface area (Å²) in [6.45, 7) is 7.41. The Morgan fingerprint density at radius 3 is 2.69 bits per heavy atom. The molecular weight excluding hydrogens is 186 g/mol. The van der Waals surface area contributed by atoms with Gasteiger partial charge in [0.25, 0.3) is 0 Å². The Kier molecular flexibility index (Phi) is 3.01. The molecule has 1 aliphatic heterocycles. The fourth-order valence-electron chi connectivity index (χ4n) is 1.34. The number of ether oxygens (including phenoxy) is 1. The maximum Gasteiger partial charge on any atom is 0.247 e. The van der Waals surface area contributed by atoms with E-state index in [1.54, 1.807) is 6.92 Å². The van der Waals surface area contributed by atoms with E-state index in [-0.39, 0.29) is 5.78 Å². The topological polar surface area (TPSA) is 38.7 Å². The molecule has 1 aliphatic rings. The highest BCUT2D eigenvalue weighted by Gasteiger charge is 2.41. The lowest BCUT2D eigenvalue weighted by Gasteiger charge is -2.19. The van der Waals surface area contributed by atoms with Crippen molar-refractivity contribution in [3.63, 3.8) is 0 Å². The first-order chi connectivity index (χ1) is 5.97. The minimum Gasteiger partial charge on any atom is -0.459 e. The molecule has 0 aliphatic carbocycles. The van der Waals surface area contributed by atoms with Crippen molar-refractivity contribution in [3.8, 4) is 0 Å². The number of rotatable bonds is 2. The quantitative estimate of drug-likeness (QED) is 0.684. The number of nitrogens with zero attached hydrogens (tertiary/aromatic N) is 1. The van der Waals surface area contributed by atoms with Crippen LogP contribution in [-0.4, -0.2) is 28.4 Å². The molecule has 1 atom stereocenters. The molecule has 0 amide bonds. The number of thioether (sulfide) groups is 1. The molecule has 0 saturated heterocycles. The lowest BCUT2D eigenvalue weighted by atomic mass is 9.96. The van der Waals surface area contributed by atoms with Crippen LogP contribution in [-0.2, 0) is 9.53 Å². The lowest BCUT2D eigenvalue weighted by molar-refractivity contribution is -0.125. The van der Waals surface area contributed by atoms with Gasteiger partial charge in [-0.15, -0.1) is 0 Å². The average molecular weight is 201 g/mol.